The molecule has 0 radical (unpaired) electrons. The van der Waals surface area contributed by atoms with Crippen LogP contribution in [-0.4, -0.2) is 97.1 Å². The molecule has 2 aliphatic carbocycles. The predicted molar refractivity (Wildman–Crippen MR) is 159 cm³/mol. The quantitative estimate of drug-likeness (QED) is 0.332. The normalized spacial score (nSPS) is 31.6. The van der Waals surface area contributed by atoms with E-state index in [2.05, 4.69) is 15.5 Å². The first kappa shape index (κ1) is 30.4. The molecule has 0 spiro atoms. The maximum Gasteiger partial charge on any atom is 0.249 e. The van der Waals surface area contributed by atoms with E-state index >= 15 is 0 Å². The fourth-order valence-corrected chi connectivity index (χ4v) is 7.23. The highest BCUT2D eigenvalue weighted by Gasteiger charge is 2.52. The van der Waals surface area contributed by atoms with Crippen LogP contribution in [0.3, 0.4) is 0 Å². The number of aliphatic hydroxyl groups excluding tert-OH is 1. The number of likely N-dealkylation sites (N-methyl/N-ethyl adjacent to an activating group) is 1. The van der Waals surface area contributed by atoms with Crippen LogP contribution < -0.4 is 26.2 Å². The van der Waals surface area contributed by atoms with Crippen molar-refractivity contribution in [2.24, 2.45) is 5.73 Å². The number of carbonyl (C=O) groups is 2. The van der Waals surface area contributed by atoms with E-state index in [4.69, 9.17) is 25.2 Å². The molecule has 1 saturated carbocycles. The molecule has 12 heteroatoms. The van der Waals surface area contributed by atoms with Crippen LogP contribution in [0, 0.1) is 0 Å². The number of allylic oxidation sites excluding steroid dienone is 2. The largest absolute Gasteiger partial charge is 0.500 e. The van der Waals surface area contributed by atoms with Crippen molar-refractivity contribution in [3.05, 3.63) is 36.0 Å². The summed E-state index contributed by atoms with van der Waals surface area (Å²) in [5, 5.41) is 16.4. The first-order valence-corrected chi connectivity index (χ1v) is 15.1. The van der Waals surface area contributed by atoms with Crippen molar-refractivity contribution >= 4 is 23.3 Å². The zero-order valence-electron chi connectivity index (χ0n) is 25.1. The monoisotopic (exact) mass is 583 g/mol. The Balaban J connectivity index is 1.57. The van der Waals surface area contributed by atoms with Crippen LogP contribution in [0.2, 0.25) is 0 Å². The summed E-state index contributed by atoms with van der Waals surface area (Å²) < 4.78 is 11.5. The molecule has 2 amide bonds. The van der Waals surface area contributed by atoms with Crippen LogP contribution in [0.15, 0.2) is 30.2 Å². The molecule has 3 heterocycles. The van der Waals surface area contributed by atoms with E-state index in [-0.39, 0.29) is 30.7 Å². The molecule has 1 aromatic heterocycles. The lowest BCUT2D eigenvalue weighted by Gasteiger charge is -2.46. The summed E-state index contributed by atoms with van der Waals surface area (Å²) in [6, 6.07) is -0.125. The molecule has 1 aromatic rings. The number of amides is 2. The summed E-state index contributed by atoms with van der Waals surface area (Å²) in [5.74, 6) is 0.247. The van der Waals surface area contributed by atoms with Gasteiger partial charge in [-0.3, -0.25) is 9.59 Å². The number of aliphatic hydroxyl groups is 1. The van der Waals surface area contributed by atoms with E-state index in [9.17, 15) is 14.7 Å². The molecule has 42 heavy (non-hydrogen) atoms. The Labute approximate surface area is 247 Å². The van der Waals surface area contributed by atoms with Crippen LogP contribution in [-0.2, 0) is 19.1 Å². The smallest absolute Gasteiger partial charge is 0.249 e. The highest BCUT2D eigenvalue weighted by molar-refractivity contribution is 6.04. The third-order valence-corrected chi connectivity index (χ3v) is 9.61. The van der Waals surface area contributed by atoms with Crippen LogP contribution in [0.1, 0.15) is 63.6 Å². The van der Waals surface area contributed by atoms with Gasteiger partial charge in [-0.2, -0.15) is 0 Å². The minimum absolute atomic E-state index is 0.0303. The summed E-state index contributed by atoms with van der Waals surface area (Å²) in [5.41, 5.74) is 5.28. The van der Waals surface area contributed by atoms with E-state index in [0.717, 1.165) is 25.7 Å². The first-order valence-electron chi connectivity index (χ1n) is 15.1. The molecule has 5 unspecified atom stereocenters. The van der Waals surface area contributed by atoms with Gasteiger partial charge in [-0.25, -0.2) is 9.97 Å². The Kier molecular flexibility index (Phi) is 8.89. The molecule has 0 bridgehead atoms. The number of nitrogens with zero attached hydrogens (tertiary/aromatic N) is 4. The Morgan fingerprint density at radius 3 is 2.74 bits per heavy atom. The fraction of sp³-hybridized carbons (Fsp3) is 0.667. The van der Waals surface area contributed by atoms with Crippen molar-refractivity contribution in [1.29, 1.82) is 0 Å². The SMILES string of the molecule is CCC1C(=O)N(C)c2cnc(C3C(OC)=CC=CC3(N)C(=O)NC3(CCO)CCNCC3OC)nc2N1C1CCCC1. The Bertz CT molecular complexity index is 1230. The standard InChI is InChI=1S/C30H45N7O5/c1-5-20-27(39)36(2)21-17-33-25(34-26(21)37(20)19-9-6-7-10-19)24-22(41-3)11-8-12-30(24,31)28(40)35-29(14-16-38)13-15-32-18-23(29)42-4/h8,11-12,17,19-20,23-24,32,38H,5-7,9-10,13-16,18,31H2,1-4H3,(H,35,40). The van der Waals surface area contributed by atoms with Crippen LogP contribution in [0.4, 0.5) is 11.5 Å². The van der Waals surface area contributed by atoms with Gasteiger partial charge in [-0.1, -0.05) is 31.9 Å². The molecule has 230 valence electrons. The van der Waals surface area contributed by atoms with E-state index in [1.165, 1.54) is 0 Å². The van der Waals surface area contributed by atoms with Crippen LogP contribution in [0.5, 0.6) is 0 Å². The molecule has 5 atom stereocenters. The second kappa shape index (κ2) is 12.3. The number of aromatic nitrogens is 2. The number of nitrogens with two attached hydrogens (primary N) is 1. The summed E-state index contributed by atoms with van der Waals surface area (Å²) in [6.07, 6.45) is 12.2. The number of fused-ring (bicyclic) bond motifs is 1. The van der Waals surface area contributed by atoms with Crippen LogP contribution >= 0.6 is 0 Å². The molecule has 4 aliphatic rings. The second-order valence-electron chi connectivity index (χ2n) is 11.9. The van der Waals surface area contributed by atoms with Gasteiger partial charge in [0.25, 0.3) is 0 Å². The van der Waals surface area contributed by atoms with Crippen LogP contribution in [0.25, 0.3) is 0 Å². The lowest BCUT2D eigenvalue weighted by atomic mass is 9.76. The molecular formula is C30H45N7O5. The van der Waals surface area contributed by atoms with Gasteiger partial charge in [-0.05, 0) is 44.7 Å². The predicted octanol–water partition coefficient (Wildman–Crippen LogP) is 1.11. The van der Waals surface area contributed by atoms with Crippen molar-refractivity contribution in [3.8, 4) is 0 Å². The lowest BCUT2D eigenvalue weighted by molar-refractivity contribution is -0.131. The summed E-state index contributed by atoms with van der Waals surface area (Å²) in [4.78, 5) is 41.3. The van der Waals surface area contributed by atoms with Gasteiger partial charge in [0.15, 0.2) is 5.82 Å². The average Bonchev–Trinajstić information content (AvgIpc) is 3.53. The van der Waals surface area contributed by atoms with Gasteiger partial charge in [0.1, 0.15) is 34.8 Å². The number of nitrogens with one attached hydrogen (secondary N) is 2. The van der Waals surface area contributed by atoms with Crippen molar-refractivity contribution in [3.63, 3.8) is 0 Å². The third kappa shape index (κ3) is 5.08. The second-order valence-corrected chi connectivity index (χ2v) is 11.9. The Morgan fingerprint density at radius 1 is 1.31 bits per heavy atom. The highest BCUT2D eigenvalue weighted by Crippen LogP contribution is 2.43. The minimum atomic E-state index is -1.60. The number of piperidine rings is 1. The van der Waals surface area contributed by atoms with Gasteiger partial charge in [0, 0.05) is 33.4 Å². The molecule has 5 rings (SSSR count). The Hall–Kier alpha value is -3.06. The zero-order chi connectivity index (χ0) is 30.1. The molecular weight excluding hydrogens is 538 g/mol. The van der Waals surface area contributed by atoms with E-state index in [0.29, 0.717) is 55.4 Å². The van der Waals surface area contributed by atoms with E-state index in [1.54, 1.807) is 50.6 Å². The zero-order valence-corrected chi connectivity index (χ0v) is 25.1. The van der Waals surface area contributed by atoms with Gasteiger partial charge in [0.05, 0.1) is 24.9 Å². The van der Waals surface area contributed by atoms with Gasteiger partial charge < -0.3 is 40.7 Å². The fourth-order valence-electron chi connectivity index (χ4n) is 7.23. The maximum atomic E-state index is 14.3. The van der Waals surface area contributed by atoms with Gasteiger partial charge in [0.2, 0.25) is 11.8 Å². The van der Waals surface area contributed by atoms with Crippen molar-refractivity contribution in [2.45, 2.75) is 87.1 Å². The van der Waals surface area contributed by atoms with Crippen molar-refractivity contribution in [2.75, 3.05) is 50.8 Å². The number of ether oxygens (including phenoxy) is 2. The average molecular weight is 584 g/mol. The number of anilines is 2. The number of methoxy groups -OCH3 is 2. The summed E-state index contributed by atoms with van der Waals surface area (Å²) in [7, 11) is 4.90. The van der Waals surface area contributed by atoms with Gasteiger partial charge >= 0.3 is 0 Å². The van der Waals surface area contributed by atoms with Gasteiger partial charge in [-0.15, -0.1) is 0 Å². The Morgan fingerprint density at radius 2 is 2.07 bits per heavy atom. The third-order valence-electron chi connectivity index (χ3n) is 9.61. The number of hydrogen-bond donors (Lipinski definition) is 4. The van der Waals surface area contributed by atoms with Crippen molar-refractivity contribution < 1.29 is 24.2 Å². The summed E-state index contributed by atoms with van der Waals surface area (Å²) >= 11 is 0. The van der Waals surface area contributed by atoms with E-state index < -0.39 is 22.9 Å². The minimum Gasteiger partial charge on any atom is -0.500 e. The number of carbonyl (C=O) groups excluding carboxylic acids is 2. The molecule has 1 saturated heterocycles. The van der Waals surface area contributed by atoms with Crippen molar-refractivity contribution in [1.82, 2.24) is 20.6 Å². The molecule has 2 aliphatic heterocycles. The highest BCUT2D eigenvalue weighted by atomic mass is 16.5. The van der Waals surface area contributed by atoms with E-state index in [1.807, 2.05) is 6.92 Å². The summed E-state index contributed by atoms with van der Waals surface area (Å²) in [6.45, 7) is 3.10. The molecule has 2 fully saturated rings. The lowest BCUT2D eigenvalue weighted by Crippen LogP contribution is -2.69. The first-order chi connectivity index (χ1) is 20.2. The molecule has 12 nitrogen and oxygen atoms in total. The number of hydrogen-bond acceptors (Lipinski definition) is 10. The topological polar surface area (TPSA) is 155 Å². The maximum absolute atomic E-state index is 14.3. The number of rotatable bonds is 9. The molecule has 0 aromatic carbocycles. The molecule has 5 N–H and O–H groups in total.